The highest BCUT2D eigenvalue weighted by atomic mass is 16.7. The molecule has 32 heavy (non-hydrogen) atoms. The van der Waals surface area contributed by atoms with Crippen LogP contribution in [-0.2, 0) is 9.47 Å². The molecular formula is C24H25NO7. The van der Waals surface area contributed by atoms with Crippen molar-refractivity contribution in [2.75, 3.05) is 25.3 Å². The summed E-state index contributed by atoms with van der Waals surface area (Å²) in [6.07, 6.45) is -1.82. The van der Waals surface area contributed by atoms with Gasteiger partial charge in [-0.25, -0.2) is 4.79 Å². The molecule has 2 atom stereocenters. The van der Waals surface area contributed by atoms with Gasteiger partial charge in [-0.1, -0.05) is 30.3 Å². The van der Waals surface area contributed by atoms with Gasteiger partial charge in [0.05, 0.1) is 0 Å². The second-order valence-electron chi connectivity index (χ2n) is 7.24. The first-order valence-corrected chi connectivity index (χ1v) is 10.4. The zero-order chi connectivity index (χ0) is 22.5. The molecule has 0 bridgehead atoms. The number of phenolic OH excluding ortho intramolecular Hbond substituents is 1. The Balaban J connectivity index is 1.64. The summed E-state index contributed by atoms with van der Waals surface area (Å²) in [5, 5.41) is 23.9. The number of aliphatic hydroxyl groups excluding tert-OH is 1. The number of phenols is 1. The van der Waals surface area contributed by atoms with Gasteiger partial charge < -0.3 is 29.2 Å². The minimum Gasteiger partial charge on any atom is -0.507 e. The second kappa shape index (κ2) is 9.76. The Bertz CT molecular complexity index is 1090. The molecule has 1 aliphatic rings. The molecule has 3 aromatic carbocycles. The summed E-state index contributed by atoms with van der Waals surface area (Å²) >= 11 is 0. The molecule has 0 fully saturated rings. The lowest BCUT2D eigenvalue weighted by molar-refractivity contribution is -0.0478. The molecule has 0 radical (unpaired) electrons. The van der Waals surface area contributed by atoms with E-state index in [2.05, 4.69) is 5.32 Å². The molecule has 3 N–H and O–H groups in total. The predicted octanol–water partition coefficient (Wildman–Crippen LogP) is 4.35. The number of hydrogen-bond donors (Lipinski definition) is 3. The molecule has 0 saturated heterocycles. The van der Waals surface area contributed by atoms with Crippen molar-refractivity contribution in [2.45, 2.75) is 25.6 Å². The van der Waals surface area contributed by atoms with Crippen LogP contribution in [0.5, 0.6) is 17.2 Å². The number of fused-ring (bicyclic) bond motifs is 2. The van der Waals surface area contributed by atoms with Crippen LogP contribution in [0.25, 0.3) is 10.8 Å². The number of anilines is 1. The van der Waals surface area contributed by atoms with Crippen molar-refractivity contribution in [3.05, 3.63) is 60.2 Å². The molecule has 0 aromatic heterocycles. The number of carbonyl (C=O) groups excluding carboxylic acids is 1. The van der Waals surface area contributed by atoms with Crippen molar-refractivity contribution < 1.29 is 34.0 Å². The van der Waals surface area contributed by atoms with Crippen LogP contribution in [0.4, 0.5) is 10.5 Å². The Morgan fingerprint density at radius 2 is 1.88 bits per heavy atom. The molecule has 1 heterocycles. The highest BCUT2D eigenvalue weighted by Gasteiger charge is 2.29. The highest BCUT2D eigenvalue weighted by molar-refractivity contribution is 5.91. The third-order valence-corrected chi connectivity index (χ3v) is 5.23. The van der Waals surface area contributed by atoms with Gasteiger partial charge in [0, 0.05) is 42.3 Å². The fourth-order valence-electron chi connectivity index (χ4n) is 3.79. The molecule has 3 aromatic rings. The molecule has 1 amide bonds. The number of amides is 1. The van der Waals surface area contributed by atoms with Gasteiger partial charge in [-0.3, -0.25) is 5.32 Å². The Hall–Kier alpha value is -3.49. The molecule has 8 nitrogen and oxygen atoms in total. The number of rotatable bonds is 8. The van der Waals surface area contributed by atoms with Crippen molar-refractivity contribution in [3.63, 3.8) is 0 Å². The van der Waals surface area contributed by atoms with Crippen molar-refractivity contribution in [3.8, 4) is 17.2 Å². The fourth-order valence-corrected chi connectivity index (χ4v) is 3.79. The number of carbonyl (C=O) groups is 1. The number of ether oxygens (including phenoxy) is 4. The van der Waals surface area contributed by atoms with Crippen LogP contribution in [0.3, 0.4) is 0 Å². The van der Waals surface area contributed by atoms with Crippen LogP contribution in [0.15, 0.2) is 54.6 Å². The molecule has 0 unspecified atom stereocenters. The van der Waals surface area contributed by atoms with E-state index in [0.29, 0.717) is 34.7 Å². The standard InChI is InChI=1S/C24H25NO7/c1-2-29-21(11-12-26)23(18-8-9-19(27)17-6-4-3-5-16(17)18)32-24(28)25-15-7-10-20-22(13-15)31-14-30-20/h3-10,13,21,23,26-27H,2,11-12,14H2,1H3,(H,25,28)/t21-,23-/m1/s1. The van der Waals surface area contributed by atoms with E-state index in [0.717, 1.165) is 5.39 Å². The molecule has 4 rings (SSSR count). The van der Waals surface area contributed by atoms with E-state index in [4.69, 9.17) is 18.9 Å². The van der Waals surface area contributed by atoms with Crippen molar-refractivity contribution >= 4 is 22.6 Å². The average Bonchev–Trinajstić information content (AvgIpc) is 3.26. The van der Waals surface area contributed by atoms with E-state index in [9.17, 15) is 15.0 Å². The van der Waals surface area contributed by atoms with E-state index < -0.39 is 18.3 Å². The average molecular weight is 439 g/mol. The molecular weight excluding hydrogens is 414 g/mol. The number of aromatic hydroxyl groups is 1. The summed E-state index contributed by atoms with van der Waals surface area (Å²) in [5.74, 6) is 1.27. The lowest BCUT2D eigenvalue weighted by atomic mass is 9.95. The molecule has 0 saturated carbocycles. The zero-order valence-electron chi connectivity index (χ0n) is 17.6. The first kappa shape index (κ1) is 21.7. The monoisotopic (exact) mass is 439 g/mol. The van der Waals surface area contributed by atoms with Crippen LogP contribution in [0.1, 0.15) is 25.0 Å². The third-order valence-electron chi connectivity index (χ3n) is 5.23. The van der Waals surface area contributed by atoms with Crippen LogP contribution >= 0.6 is 0 Å². The summed E-state index contributed by atoms with van der Waals surface area (Å²) < 4.78 is 22.3. The summed E-state index contributed by atoms with van der Waals surface area (Å²) in [5.41, 5.74) is 1.16. The smallest absolute Gasteiger partial charge is 0.412 e. The summed E-state index contributed by atoms with van der Waals surface area (Å²) in [7, 11) is 0. The Morgan fingerprint density at radius 1 is 1.09 bits per heavy atom. The van der Waals surface area contributed by atoms with Gasteiger partial charge in [-0.15, -0.1) is 0 Å². The fraction of sp³-hybridized carbons (Fsp3) is 0.292. The minimum atomic E-state index is -0.818. The van der Waals surface area contributed by atoms with E-state index in [1.807, 2.05) is 25.1 Å². The van der Waals surface area contributed by atoms with Crippen LogP contribution in [-0.4, -0.2) is 42.4 Å². The lowest BCUT2D eigenvalue weighted by Gasteiger charge is -2.28. The topological polar surface area (TPSA) is 106 Å². The van der Waals surface area contributed by atoms with E-state index in [-0.39, 0.29) is 25.6 Å². The van der Waals surface area contributed by atoms with Gasteiger partial charge in [0.15, 0.2) is 17.6 Å². The molecule has 1 aliphatic heterocycles. The van der Waals surface area contributed by atoms with Crippen LogP contribution in [0, 0.1) is 0 Å². The second-order valence-corrected chi connectivity index (χ2v) is 7.24. The van der Waals surface area contributed by atoms with E-state index in [1.54, 1.807) is 36.4 Å². The first-order chi connectivity index (χ1) is 15.6. The predicted molar refractivity (Wildman–Crippen MR) is 118 cm³/mol. The van der Waals surface area contributed by atoms with Gasteiger partial charge in [0.1, 0.15) is 11.9 Å². The summed E-state index contributed by atoms with van der Waals surface area (Å²) in [4.78, 5) is 12.8. The van der Waals surface area contributed by atoms with E-state index >= 15 is 0 Å². The number of nitrogens with one attached hydrogen (secondary N) is 1. The molecule has 0 aliphatic carbocycles. The quantitative estimate of drug-likeness (QED) is 0.479. The van der Waals surface area contributed by atoms with Gasteiger partial charge >= 0.3 is 6.09 Å². The summed E-state index contributed by atoms with van der Waals surface area (Å²) in [6, 6.07) is 15.6. The van der Waals surface area contributed by atoms with Gasteiger partial charge in [-0.05, 0) is 30.5 Å². The minimum absolute atomic E-state index is 0.128. The molecule has 0 spiro atoms. The maximum absolute atomic E-state index is 12.8. The van der Waals surface area contributed by atoms with Gasteiger partial charge in [-0.2, -0.15) is 0 Å². The van der Waals surface area contributed by atoms with Crippen molar-refractivity contribution in [2.24, 2.45) is 0 Å². The van der Waals surface area contributed by atoms with Gasteiger partial charge in [0.25, 0.3) is 0 Å². The zero-order valence-corrected chi connectivity index (χ0v) is 17.6. The Labute approximate surface area is 185 Å². The van der Waals surface area contributed by atoms with Crippen molar-refractivity contribution in [1.29, 1.82) is 0 Å². The largest absolute Gasteiger partial charge is 0.507 e. The SMILES string of the molecule is CCO[C@H](CCO)[C@H](OC(=O)Nc1ccc2c(c1)OCO2)c1ccc(O)c2ccccc12. The van der Waals surface area contributed by atoms with Crippen LogP contribution < -0.4 is 14.8 Å². The maximum Gasteiger partial charge on any atom is 0.412 e. The normalized spacial score (nSPS) is 14.2. The Morgan fingerprint density at radius 3 is 2.66 bits per heavy atom. The highest BCUT2D eigenvalue weighted by Crippen LogP contribution is 2.37. The molecule has 168 valence electrons. The number of aliphatic hydroxyl groups is 1. The lowest BCUT2D eigenvalue weighted by Crippen LogP contribution is -2.30. The number of benzene rings is 3. The first-order valence-electron chi connectivity index (χ1n) is 10.4. The summed E-state index contributed by atoms with van der Waals surface area (Å²) in [6.45, 7) is 2.22. The molecule has 8 heteroatoms. The van der Waals surface area contributed by atoms with Crippen molar-refractivity contribution in [1.82, 2.24) is 0 Å². The third kappa shape index (κ3) is 4.56. The van der Waals surface area contributed by atoms with Crippen LogP contribution in [0.2, 0.25) is 0 Å². The maximum atomic E-state index is 12.8. The van der Waals surface area contributed by atoms with E-state index in [1.165, 1.54) is 0 Å². The number of hydrogen-bond acceptors (Lipinski definition) is 7. The Kier molecular flexibility index (Phi) is 6.63. The van der Waals surface area contributed by atoms with Gasteiger partial charge in [0.2, 0.25) is 6.79 Å².